The molecule has 1 aromatic heterocycles. The maximum atomic E-state index is 11.3. The summed E-state index contributed by atoms with van der Waals surface area (Å²) in [6, 6.07) is 7.35. The summed E-state index contributed by atoms with van der Waals surface area (Å²) < 4.78 is 5.09. The summed E-state index contributed by atoms with van der Waals surface area (Å²) >= 11 is 0. The third-order valence-electron chi connectivity index (χ3n) is 1.87. The van der Waals surface area contributed by atoms with Gasteiger partial charge in [-0.2, -0.15) is 0 Å². The lowest BCUT2D eigenvalue weighted by atomic mass is 10.2. The van der Waals surface area contributed by atoms with Crippen LogP contribution in [0.4, 0.5) is 0 Å². The van der Waals surface area contributed by atoms with E-state index >= 15 is 0 Å². The zero-order valence-corrected chi connectivity index (χ0v) is 7.13. The van der Waals surface area contributed by atoms with E-state index in [1.54, 1.807) is 13.1 Å². The van der Waals surface area contributed by atoms with Crippen LogP contribution in [0.25, 0.3) is 11.0 Å². The minimum Gasteiger partial charge on any atom is -0.452 e. The standard InChI is InChI=1S/C10H8NO2/c1-11-10(12)8-6-13-9-5-3-2-4-7(8)9/h2-5H,1H3,(H,11,12). The zero-order valence-electron chi connectivity index (χ0n) is 7.13. The van der Waals surface area contributed by atoms with Crippen molar-refractivity contribution in [3.8, 4) is 0 Å². The van der Waals surface area contributed by atoms with Crippen molar-refractivity contribution in [3.05, 3.63) is 36.1 Å². The summed E-state index contributed by atoms with van der Waals surface area (Å²) in [6.45, 7) is 0. The molecule has 0 aliphatic rings. The van der Waals surface area contributed by atoms with Gasteiger partial charge < -0.3 is 9.73 Å². The van der Waals surface area contributed by atoms with Crippen molar-refractivity contribution in [2.75, 3.05) is 7.05 Å². The van der Waals surface area contributed by atoms with Gasteiger partial charge in [0, 0.05) is 12.4 Å². The molecule has 1 amide bonds. The number of nitrogens with one attached hydrogen (secondary N) is 1. The Bertz CT molecular complexity index is 445. The predicted molar refractivity (Wildman–Crippen MR) is 48.4 cm³/mol. The van der Waals surface area contributed by atoms with Crippen LogP contribution in [0, 0.1) is 6.26 Å². The van der Waals surface area contributed by atoms with Gasteiger partial charge in [0.1, 0.15) is 5.58 Å². The Labute approximate surface area is 75.3 Å². The summed E-state index contributed by atoms with van der Waals surface area (Å²) in [5.74, 6) is -0.176. The molecule has 13 heavy (non-hydrogen) atoms. The van der Waals surface area contributed by atoms with Crippen molar-refractivity contribution < 1.29 is 9.21 Å². The van der Waals surface area contributed by atoms with Gasteiger partial charge in [-0.3, -0.25) is 4.79 Å². The molecule has 0 spiro atoms. The van der Waals surface area contributed by atoms with Crippen LogP contribution >= 0.6 is 0 Å². The third kappa shape index (κ3) is 1.18. The van der Waals surface area contributed by atoms with Crippen LogP contribution in [0.1, 0.15) is 10.4 Å². The van der Waals surface area contributed by atoms with Crippen LogP contribution in [-0.4, -0.2) is 13.0 Å². The summed E-state index contributed by atoms with van der Waals surface area (Å²) in [6.07, 6.45) is 2.58. The highest BCUT2D eigenvalue weighted by atomic mass is 16.3. The molecule has 0 unspecified atom stereocenters. The lowest BCUT2D eigenvalue weighted by Crippen LogP contribution is -2.17. The first kappa shape index (κ1) is 7.86. The van der Waals surface area contributed by atoms with Crippen LogP contribution in [0.3, 0.4) is 0 Å². The SMILES string of the molecule is CNC(=O)c1[c]oc2ccccc12. The topological polar surface area (TPSA) is 42.2 Å². The maximum Gasteiger partial charge on any atom is 0.255 e. The van der Waals surface area contributed by atoms with Crippen molar-refractivity contribution in [1.29, 1.82) is 0 Å². The average Bonchev–Trinajstić information content (AvgIpc) is 2.60. The van der Waals surface area contributed by atoms with Crippen molar-refractivity contribution in [2.24, 2.45) is 0 Å². The number of para-hydroxylation sites is 1. The van der Waals surface area contributed by atoms with Gasteiger partial charge in [-0.15, -0.1) is 0 Å². The fraction of sp³-hybridized carbons (Fsp3) is 0.100. The molecule has 0 atom stereocenters. The molecule has 0 bridgehead atoms. The van der Waals surface area contributed by atoms with E-state index < -0.39 is 0 Å². The molecule has 0 aliphatic carbocycles. The molecule has 1 N–H and O–H groups in total. The van der Waals surface area contributed by atoms with E-state index in [-0.39, 0.29) is 5.91 Å². The summed E-state index contributed by atoms with van der Waals surface area (Å²) in [4.78, 5) is 11.3. The second-order valence-electron chi connectivity index (χ2n) is 2.65. The Morgan fingerprint density at radius 2 is 2.23 bits per heavy atom. The molecule has 65 valence electrons. The summed E-state index contributed by atoms with van der Waals surface area (Å²) in [5, 5.41) is 3.32. The Balaban J connectivity index is 2.64. The molecule has 0 aliphatic heterocycles. The van der Waals surface area contributed by atoms with Gasteiger partial charge in [-0.1, -0.05) is 18.2 Å². The number of amides is 1. The smallest absolute Gasteiger partial charge is 0.255 e. The van der Waals surface area contributed by atoms with Gasteiger partial charge in [0.2, 0.25) is 0 Å². The number of rotatable bonds is 1. The third-order valence-corrected chi connectivity index (χ3v) is 1.87. The molecule has 3 heteroatoms. The first-order valence-corrected chi connectivity index (χ1v) is 3.94. The average molecular weight is 174 g/mol. The maximum absolute atomic E-state index is 11.3. The second kappa shape index (κ2) is 2.94. The largest absolute Gasteiger partial charge is 0.452 e. The molecule has 1 radical (unpaired) electrons. The minimum absolute atomic E-state index is 0.176. The molecule has 1 heterocycles. The molecule has 2 rings (SSSR count). The van der Waals surface area contributed by atoms with E-state index in [2.05, 4.69) is 11.6 Å². The highest BCUT2D eigenvalue weighted by Crippen LogP contribution is 2.19. The first-order chi connectivity index (χ1) is 6.33. The lowest BCUT2D eigenvalue weighted by Gasteiger charge is -1.93. The van der Waals surface area contributed by atoms with Crippen molar-refractivity contribution in [1.82, 2.24) is 5.32 Å². The highest BCUT2D eigenvalue weighted by molar-refractivity contribution is 6.05. The van der Waals surface area contributed by atoms with Crippen molar-refractivity contribution >= 4 is 16.9 Å². The van der Waals surface area contributed by atoms with E-state index in [0.29, 0.717) is 11.1 Å². The molecule has 0 fully saturated rings. The molecule has 2 aromatic rings. The van der Waals surface area contributed by atoms with Gasteiger partial charge in [-0.05, 0) is 6.07 Å². The van der Waals surface area contributed by atoms with Crippen LogP contribution < -0.4 is 5.32 Å². The Morgan fingerprint density at radius 3 is 3.00 bits per heavy atom. The van der Waals surface area contributed by atoms with Gasteiger partial charge in [0.05, 0.1) is 5.56 Å². The molecule has 0 saturated heterocycles. The highest BCUT2D eigenvalue weighted by Gasteiger charge is 2.11. The second-order valence-corrected chi connectivity index (χ2v) is 2.65. The molecular formula is C10H8NO2. The zero-order chi connectivity index (χ0) is 9.26. The number of furan rings is 1. The molecular weight excluding hydrogens is 166 g/mol. The quantitative estimate of drug-likeness (QED) is 0.713. The first-order valence-electron chi connectivity index (χ1n) is 3.94. The van der Waals surface area contributed by atoms with Gasteiger partial charge in [-0.25, -0.2) is 0 Å². The minimum atomic E-state index is -0.176. The van der Waals surface area contributed by atoms with Crippen LogP contribution in [0.5, 0.6) is 0 Å². The number of carbonyl (C=O) groups is 1. The van der Waals surface area contributed by atoms with Crippen LogP contribution in [0.15, 0.2) is 28.7 Å². The van der Waals surface area contributed by atoms with Crippen LogP contribution in [-0.2, 0) is 0 Å². The molecule has 0 saturated carbocycles. The van der Waals surface area contributed by atoms with E-state index in [1.165, 1.54) is 0 Å². The lowest BCUT2D eigenvalue weighted by molar-refractivity contribution is 0.0963. The number of carbonyl (C=O) groups excluding carboxylic acids is 1. The van der Waals surface area contributed by atoms with E-state index in [9.17, 15) is 4.79 Å². The van der Waals surface area contributed by atoms with E-state index in [0.717, 1.165) is 5.39 Å². The number of fused-ring (bicyclic) bond motifs is 1. The Kier molecular flexibility index (Phi) is 1.77. The number of hydrogen-bond donors (Lipinski definition) is 1. The van der Waals surface area contributed by atoms with Crippen molar-refractivity contribution in [3.63, 3.8) is 0 Å². The Morgan fingerprint density at radius 1 is 1.46 bits per heavy atom. The van der Waals surface area contributed by atoms with E-state index in [4.69, 9.17) is 4.42 Å². The monoisotopic (exact) mass is 174 g/mol. The predicted octanol–water partition coefficient (Wildman–Crippen LogP) is 1.59. The fourth-order valence-electron chi connectivity index (χ4n) is 1.22. The number of benzene rings is 1. The van der Waals surface area contributed by atoms with Crippen molar-refractivity contribution in [2.45, 2.75) is 0 Å². The Hall–Kier alpha value is -1.77. The van der Waals surface area contributed by atoms with E-state index in [1.807, 2.05) is 18.2 Å². The van der Waals surface area contributed by atoms with Gasteiger partial charge in [0.25, 0.3) is 5.91 Å². The number of hydrogen-bond acceptors (Lipinski definition) is 2. The molecule has 3 nitrogen and oxygen atoms in total. The summed E-state index contributed by atoms with van der Waals surface area (Å²) in [7, 11) is 1.58. The van der Waals surface area contributed by atoms with Gasteiger partial charge in [0.15, 0.2) is 6.26 Å². The van der Waals surface area contributed by atoms with Crippen LogP contribution in [0.2, 0.25) is 0 Å². The summed E-state index contributed by atoms with van der Waals surface area (Å²) in [5.41, 5.74) is 1.14. The normalized spacial score (nSPS) is 10.2. The fourth-order valence-corrected chi connectivity index (χ4v) is 1.22. The molecule has 1 aromatic carbocycles. The van der Waals surface area contributed by atoms with Gasteiger partial charge >= 0.3 is 0 Å².